The summed E-state index contributed by atoms with van der Waals surface area (Å²) in [6, 6.07) is 11.2. The van der Waals surface area contributed by atoms with Gasteiger partial charge in [0.05, 0.1) is 17.1 Å². The predicted octanol–water partition coefficient (Wildman–Crippen LogP) is 1.72. The normalized spacial score (nSPS) is 11.0. The molecule has 1 heterocycles. The third-order valence-corrected chi connectivity index (χ3v) is 2.79. The Morgan fingerprint density at radius 3 is 2.71 bits per heavy atom. The third-order valence-electron chi connectivity index (χ3n) is 2.79. The van der Waals surface area contributed by atoms with E-state index in [4.69, 9.17) is 16.4 Å². The molecule has 2 aromatic rings. The van der Waals surface area contributed by atoms with Crippen LogP contribution in [0, 0.1) is 30.6 Å². The number of rotatable bonds is 4. The first kappa shape index (κ1) is 14.3. The van der Waals surface area contributed by atoms with Gasteiger partial charge >= 0.3 is 0 Å². The van der Waals surface area contributed by atoms with Gasteiger partial charge in [-0.15, -0.1) is 0 Å². The van der Waals surface area contributed by atoms with E-state index in [1.54, 1.807) is 10.8 Å². The van der Waals surface area contributed by atoms with Crippen LogP contribution < -0.4 is 11.2 Å². The maximum Gasteiger partial charge on any atom is 0.201 e. The summed E-state index contributed by atoms with van der Waals surface area (Å²) >= 11 is 0. The molecule has 0 spiro atoms. The molecule has 7 heteroatoms. The van der Waals surface area contributed by atoms with Crippen molar-refractivity contribution in [1.29, 1.82) is 10.7 Å². The SMILES string of the molecule is Cc1cc(C)n(-c2ccccc2N/N=C(\C#N)C(=N)N)n1. The van der Waals surface area contributed by atoms with E-state index in [-0.39, 0.29) is 11.5 Å². The zero-order valence-corrected chi connectivity index (χ0v) is 11.8. The van der Waals surface area contributed by atoms with Crippen LogP contribution in [0.3, 0.4) is 0 Å². The molecule has 0 fully saturated rings. The largest absolute Gasteiger partial charge is 0.382 e. The van der Waals surface area contributed by atoms with Gasteiger partial charge in [0.2, 0.25) is 5.71 Å². The first-order valence-electron chi connectivity index (χ1n) is 6.24. The highest BCUT2D eigenvalue weighted by molar-refractivity contribution is 6.45. The topological polar surface area (TPSA) is 116 Å². The van der Waals surface area contributed by atoms with E-state index in [9.17, 15) is 0 Å². The quantitative estimate of drug-likeness (QED) is 0.449. The molecular formula is C14H15N7. The molecule has 0 bridgehead atoms. The van der Waals surface area contributed by atoms with Crippen molar-refractivity contribution in [3.05, 3.63) is 41.7 Å². The van der Waals surface area contributed by atoms with Crippen molar-refractivity contribution in [1.82, 2.24) is 9.78 Å². The van der Waals surface area contributed by atoms with E-state index >= 15 is 0 Å². The monoisotopic (exact) mass is 281 g/mol. The smallest absolute Gasteiger partial charge is 0.201 e. The number of benzene rings is 1. The van der Waals surface area contributed by atoms with Gasteiger partial charge in [0.25, 0.3) is 0 Å². The number of anilines is 1. The van der Waals surface area contributed by atoms with Gasteiger partial charge in [-0.2, -0.15) is 15.5 Å². The van der Waals surface area contributed by atoms with E-state index in [2.05, 4.69) is 15.6 Å². The van der Waals surface area contributed by atoms with Crippen molar-refractivity contribution in [3.63, 3.8) is 0 Å². The minimum Gasteiger partial charge on any atom is -0.382 e. The average molecular weight is 281 g/mol. The van der Waals surface area contributed by atoms with Crippen LogP contribution in [-0.2, 0) is 0 Å². The van der Waals surface area contributed by atoms with Gasteiger partial charge in [-0.3, -0.25) is 10.8 Å². The number of nitriles is 1. The summed E-state index contributed by atoms with van der Waals surface area (Å²) < 4.78 is 1.78. The van der Waals surface area contributed by atoms with E-state index in [1.165, 1.54) is 0 Å². The molecule has 106 valence electrons. The lowest BCUT2D eigenvalue weighted by Gasteiger charge is -2.10. The fourth-order valence-electron chi connectivity index (χ4n) is 1.89. The van der Waals surface area contributed by atoms with Crippen molar-refractivity contribution in [2.45, 2.75) is 13.8 Å². The Kier molecular flexibility index (Phi) is 4.00. The Labute approximate surface area is 122 Å². The van der Waals surface area contributed by atoms with Gasteiger partial charge in [0, 0.05) is 5.69 Å². The summed E-state index contributed by atoms with van der Waals surface area (Å²) in [7, 11) is 0. The molecule has 4 N–H and O–H groups in total. The summed E-state index contributed by atoms with van der Waals surface area (Å²) in [5.41, 5.74) is 11.2. The number of aryl methyl sites for hydroxylation is 2. The summed E-state index contributed by atoms with van der Waals surface area (Å²) in [5.74, 6) is -0.381. The Balaban J connectivity index is 2.41. The zero-order chi connectivity index (χ0) is 15.4. The van der Waals surface area contributed by atoms with Gasteiger partial charge in [0.1, 0.15) is 6.07 Å². The molecule has 0 aliphatic carbocycles. The maximum atomic E-state index is 8.85. The van der Waals surface area contributed by atoms with Crippen LogP contribution >= 0.6 is 0 Å². The van der Waals surface area contributed by atoms with Gasteiger partial charge in [0.15, 0.2) is 5.84 Å². The van der Waals surface area contributed by atoms with Crippen LogP contribution in [0.2, 0.25) is 0 Å². The van der Waals surface area contributed by atoms with E-state index < -0.39 is 0 Å². The zero-order valence-electron chi connectivity index (χ0n) is 11.8. The molecule has 1 aromatic heterocycles. The number of hydrazone groups is 1. The van der Waals surface area contributed by atoms with E-state index in [0.717, 1.165) is 17.1 Å². The molecule has 0 aliphatic rings. The number of hydrogen-bond donors (Lipinski definition) is 3. The van der Waals surface area contributed by atoms with Crippen LogP contribution in [0.1, 0.15) is 11.4 Å². The molecule has 2 rings (SSSR count). The highest BCUT2D eigenvalue weighted by atomic mass is 15.3. The highest BCUT2D eigenvalue weighted by Crippen LogP contribution is 2.21. The first-order valence-corrected chi connectivity index (χ1v) is 6.24. The Morgan fingerprint density at radius 2 is 2.14 bits per heavy atom. The summed E-state index contributed by atoms with van der Waals surface area (Å²) in [6.45, 7) is 3.87. The average Bonchev–Trinajstić information content (AvgIpc) is 2.78. The number of amidine groups is 1. The Morgan fingerprint density at radius 1 is 1.43 bits per heavy atom. The van der Waals surface area contributed by atoms with E-state index in [0.29, 0.717) is 5.69 Å². The molecule has 7 nitrogen and oxygen atoms in total. The van der Waals surface area contributed by atoms with Gasteiger partial charge in [-0.05, 0) is 32.0 Å². The van der Waals surface area contributed by atoms with Crippen LogP contribution in [-0.4, -0.2) is 21.3 Å². The van der Waals surface area contributed by atoms with Crippen LogP contribution in [0.4, 0.5) is 5.69 Å². The van der Waals surface area contributed by atoms with Crippen molar-refractivity contribution < 1.29 is 0 Å². The molecule has 0 aliphatic heterocycles. The summed E-state index contributed by atoms with van der Waals surface area (Å²) in [6.07, 6.45) is 0. The second-order valence-corrected chi connectivity index (χ2v) is 4.45. The van der Waals surface area contributed by atoms with Gasteiger partial charge < -0.3 is 5.73 Å². The number of nitrogens with two attached hydrogens (primary N) is 1. The number of para-hydroxylation sites is 2. The minimum atomic E-state index is -0.381. The lowest BCUT2D eigenvalue weighted by Crippen LogP contribution is -2.22. The van der Waals surface area contributed by atoms with Gasteiger partial charge in [-0.1, -0.05) is 12.1 Å². The molecule has 1 aromatic carbocycles. The van der Waals surface area contributed by atoms with Crippen LogP contribution in [0.5, 0.6) is 0 Å². The maximum absolute atomic E-state index is 8.85. The highest BCUT2D eigenvalue weighted by Gasteiger charge is 2.09. The summed E-state index contributed by atoms with van der Waals surface area (Å²) in [4.78, 5) is 0. The lowest BCUT2D eigenvalue weighted by molar-refractivity contribution is 0.834. The number of hydrogen-bond acceptors (Lipinski definition) is 5. The fraction of sp³-hybridized carbons (Fsp3) is 0.143. The molecule has 0 atom stereocenters. The van der Waals surface area contributed by atoms with E-state index in [1.807, 2.05) is 44.2 Å². The second kappa shape index (κ2) is 5.88. The number of nitrogens with zero attached hydrogens (tertiary/aromatic N) is 4. The third kappa shape index (κ3) is 3.06. The fourth-order valence-corrected chi connectivity index (χ4v) is 1.89. The molecule has 0 amide bonds. The standard InChI is InChI=1S/C14H15N7/c1-9-7-10(2)21(20-9)13-6-4-3-5-11(13)18-19-12(8-15)14(16)17/h3-7,18H,1-2H3,(H3,16,17)/b19-12+. The minimum absolute atomic E-state index is 0.168. The lowest BCUT2D eigenvalue weighted by atomic mass is 10.2. The molecule has 0 radical (unpaired) electrons. The number of aromatic nitrogens is 2. The van der Waals surface area contributed by atoms with Crippen molar-refractivity contribution in [3.8, 4) is 11.8 Å². The first-order chi connectivity index (χ1) is 10.0. The Hall–Kier alpha value is -3.14. The second-order valence-electron chi connectivity index (χ2n) is 4.45. The van der Waals surface area contributed by atoms with Gasteiger partial charge in [-0.25, -0.2) is 4.68 Å². The predicted molar refractivity (Wildman–Crippen MR) is 81.6 cm³/mol. The molecular weight excluding hydrogens is 266 g/mol. The van der Waals surface area contributed by atoms with Crippen molar-refractivity contribution >= 4 is 17.2 Å². The molecule has 0 unspecified atom stereocenters. The number of nitrogens with one attached hydrogen (secondary N) is 2. The summed E-state index contributed by atoms with van der Waals surface area (Å²) in [5, 5.41) is 24.4. The van der Waals surface area contributed by atoms with Crippen LogP contribution in [0.15, 0.2) is 35.4 Å². The molecule has 21 heavy (non-hydrogen) atoms. The van der Waals surface area contributed by atoms with Crippen LogP contribution in [0.25, 0.3) is 5.69 Å². The molecule has 0 saturated heterocycles. The Bertz CT molecular complexity index is 749. The van der Waals surface area contributed by atoms with Crippen molar-refractivity contribution in [2.24, 2.45) is 10.8 Å². The molecule has 0 saturated carbocycles. The van der Waals surface area contributed by atoms with Crippen molar-refractivity contribution in [2.75, 3.05) is 5.43 Å².